The molecule has 194 valence electrons. The van der Waals surface area contributed by atoms with Crippen LogP contribution in [0.15, 0.2) is 18.3 Å². The summed E-state index contributed by atoms with van der Waals surface area (Å²) < 4.78 is 61.1. The number of ether oxygens (including phenoxy) is 2. The fraction of sp³-hybridized carbons (Fsp3) is 0.455. The Kier molecular flexibility index (Phi) is 7.06. The van der Waals surface area contributed by atoms with Gasteiger partial charge >= 0.3 is 0 Å². The van der Waals surface area contributed by atoms with Gasteiger partial charge in [0.05, 0.1) is 16.5 Å². The number of carbonyl (C=O) groups is 1. The predicted molar refractivity (Wildman–Crippen MR) is 128 cm³/mol. The maximum absolute atomic E-state index is 13.0. The van der Waals surface area contributed by atoms with Crippen molar-refractivity contribution in [3.8, 4) is 17.5 Å². The fourth-order valence-electron chi connectivity index (χ4n) is 3.77. The molecule has 3 aromatic rings. The highest BCUT2D eigenvalue weighted by atomic mass is 35.5. The van der Waals surface area contributed by atoms with Gasteiger partial charge in [-0.25, -0.2) is 27.2 Å². The van der Waals surface area contributed by atoms with Crippen LogP contribution in [0.4, 0.5) is 8.78 Å². The number of imidazole rings is 1. The van der Waals surface area contributed by atoms with Crippen LogP contribution in [0.1, 0.15) is 35.9 Å². The van der Waals surface area contributed by atoms with E-state index in [1.54, 1.807) is 20.0 Å². The summed E-state index contributed by atoms with van der Waals surface area (Å²) in [5.74, 6) is -0.412. The molecule has 0 atom stereocenters. The summed E-state index contributed by atoms with van der Waals surface area (Å²) in [6, 6.07) is 2.97. The van der Waals surface area contributed by atoms with E-state index in [-0.39, 0.29) is 39.9 Å². The lowest BCUT2D eigenvalue weighted by molar-refractivity contribution is 0.0803. The van der Waals surface area contributed by atoms with Gasteiger partial charge in [0.25, 0.3) is 18.2 Å². The number of hydrogen-bond acceptors (Lipinski definition) is 8. The summed E-state index contributed by atoms with van der Waals surface area (Å²) >= 11 is 5.91. The third-order valence-corrected chi connectivity index (χ3v) is 7.74. The highest BCUT2D eigenvalue weighted by Gasteiger charge is 2.35. The van der Waals surface area contributed by atoms with E-state index in [0.29, 0.717) is 29.6 Å². The first kappa shape index (κ1) is 26.0. The summed E-state index contributed by atoms with van der Waals surface area (Å²) in [5, 5.41) is 3.09. The highest BCUT2D eigenvalue weighted by molar-refractivity contribution is 7.91. The topological polar surface area (TPSA) is 125 Å². The Balaban J connectivity index is 1.60. The van der Waals surface area contributed by atoms with E-state index in [1.807, 2.05) is 6.92 Å². The standard InChI is InChI=1S/C22H24ClF2N5O5S/c1-12-8-14-17(28-20(12)35-21-15(34-11-16(24)25)9-13(23)10-26-21)30(3)18(27-14)19(31)29-22(2)4-6-36(32,33)7-5-22/h8-10,16H,4-7,11H2,1-3H3,(H,29,31). The Morgan fingerprint density at radius 3 is 2.61 bits per heavy atom. The number of hydrogen-bond donors (Lipinski definition) is 1. The van der Waals surface area contributed by atoms with Crippen molar-refractivity contribution in [3.05, 3.63) is 34.7 Å². The molecule has 4 rings (SSSR count). The number of sulfone groups is 1. The normalized spacial score (nSPS) is 16.8. The molecule has 0 aliphatic carbocycles. The third kappa shape index (κ3) is 5.67. The van der Waals surface area contributed by atoms with Crippen LogP contribution in [-0.4, -0.2) is 63.9 Å². The first-order valence-corrected chi connectivity index (χ1v) is 13.2. The molecule has 3 aromatic heterocycles. The number of halogens is 3. The lowest BCUT2D eigenvalue weighted by atomic mass is 9.95. The summed E-state index contributed by atoms with van der Waals surface area (Å²) in [6.07, 6.45) is -0.800. The van der Waals surface area contributed by atoms with E-state index < -0.39 is 34.3 Å². The Hall–Kier alpha value is -3.06. The van der Waals surface area contributed by atoms with Crippen molar-refractivity contribution in [2.75, 3.05) is 18.1 Å². The molecule has 1 saturated heterocycles. The number of carbonyl (C=O) groups excluding carboxylic acids is 1. The minimum absolute atomic E-state index is 0.00944. The Morgan fingerprint density at radius 1 is 1.25 bits per heavy atom. The lowest BCUT2D eigenvalue weighted by Crippen LogP contribution is -2.51. The maximum atomic E-state index is 13.0. The number of aromatic nitrogens is 4. The van der Waals surface area contributed by atoms with Gasteiger partial charge < -0.3 is 19.4 Å². The predicted octanol–water partition coefficient (Wildman–Crippen LogP) is 3.46. The Morgan fingerprint density at radius 2 is 1.94 bits per heavy atom. The van der Waals surface area contributed by atoms with Crippen LogP contribution in [0.5, 0.6) is 17.5 Å². The largest absolute Gasteiger partial charge is 0.482 e. The van der Waals surface area contributed by atoms with E-state index in [9.17, 15) is 22.0 Å². The van der Waals surface area contributed by atoms with Gasteiger partial charge in [0.15, 0.2) is 11.4 Å². The minimum atomic E-state index is -3.09. The zero-order chi connectivity index (χ0) is 26.3. The van der Waals surface area contributed by atoms with Crippen LogP contribution >= 0.6 is 11.6 Å². The van der Waals surface area contributed by atoms with Gasteiger partial charge in [-0.1, -0.05) is 11.6 Å². The molecule has 10 nitrogen and oxygen atoms in total. The molecular weight excluding hydrogens is 520 g/mol. The first-order chi connectivity index (χ1) is 16.9. The molecule has 0 bridgehead atoms. The van der Waals surface area contributed by atoms with Crippen LogP contribution in [0.2, 0.25) is 5.02 Å². The van der Waals surface area contributed by atoms with E-state index in [1.165, 1.54) is 16.8 Å². The molecule has 4 heterocycles. The second-order valence-electron chi connectivity index (χ2n) is 8.88. The number of fused-ring (bicyclic) bond motifs is 1. The van der Waals surface area contributed by atoms with E-state index in [4.69, 9.17) is 21.1 Å². The molecule has 14 heteroatoms. The van der Waals surface area contributed by atoms with Gasteiger partial charge in [0, 0.05) is 30.4 Å². The first-order valence-electron chi connectivity index (χ1n) is 11.0. The van der Waals surface area contributed by atoms with E-state index in [2.05, 4.69) is 20.3 Å². The molecule has 36 heavy (non-hydrogen) atoms. The second kappa shape index (κ2) is 9.77. The van der Waals surface area contributed by atoms with Crippen molar-refractivity contribution in [2.45, 2.75) is 38.7 Å². The molecule has 0 aromatic carbocycles. The molecule has 1 aliphatic rings. The zero-order valence-electron chi connectivity index (χ0n) is 19.7. The molecule has 0 unspecified atom stereocenters. The molecule has 1 fully saturated rings. The monoisotopic (exact) mass is 543 g/mol. The molecule has 1 N–H and O–H groups in total. The van der Waals surface area contributed by atoms with E-state index in [0.717, 1.165) is 0 Å². The fourth-order valence-corrected chi connectivity index (χ4v) is 5.65. The van der Waals surface area contributed by atoms with Gasteiger partial charge in [-0.2, -0.15) is 4.98 Å². The number of aryl methyl sites for hydroxylation is 2. The third-order valence-electron chi connectivity index (χ3n) is 5.88. The van der Waals surface area contributed by atoms with Gasteiger partial charge in [-0.05, 0) is 32.8 Å². The van der Waals surface area contributed by atoms with Gasteiger partial charge in [0.1, 0.15) is 22.0 Å². The van der Waals surface area contributed by atoms with Crippen LogP contribution in [0.25, 0.3) is 11.2 Å². The molecule has 1 aliphatic heterocycles. The zero-order valence-corrected chi connectivity index (χ0v) is 21.3. The number of rotatable bonds is 7. The molecule has 0 saturated carbocycles. The van der Waals surface area contributed by atoms with Gasteiger partial charge in [0.2, 0.25) is 11.7 Å². The molecule has 1 amide bonds. The highest BCUT2D eigenvalue weighted by Crippen LogP contribution is 2.33. The van der Waals surface area contributed by atoms with Crippen molar-refractivity contribution in [3.63, 3.8) is 0 Å². The van der Waals surface area contributed by atoms with Crippen LogP contribution in [0.3, 0.4) is 0 Å². The van der Waals surface area contributed by atoms with Gasteiger partial charge in [-0.3, -0.25) is 4.79 Å². The molecular formula is C22H24ClF2N5O5S. The van der Waals surface area contributed by atoms with Gasteiger partial charge in [-0.15, -0.1) is 0 Å². The van der Waals surface area contributed by atoms with Crippen molar-refractivity contribution >= 4 is 38.5 Å². The van der Waals surface area contributed by atoms with Crippen LogP contribution < -0.4 is 14.8 Å². The molecule has 0 spiro atoms. The van der Waals surface area contributed by atoms with E-state index >= 15 is 0 Å². The van der Waals surface area contributed by atoms with Crippen molar-refractivity contribution in [1.82, 2.24) is 24.8 Å². The maximum Gasteiger partial charge on any atom is 0.287 e. The number of alkyl halides is 2. The number of amides is 1. The van der Waals surface area contributed by atoms with Crippen molar-refractivity contribution in [1.29, 1.82) is 0 Å². The quantitative estimate of drug-likeness (QED) is 0.480. The Labute approximate surface area is 210 Å². The van der Waals surface area contributed by atoms with Crippen molar-refractivity contribution < 1.29 is 31.5 Å². The molecule has 0 radical (unpaired) electrons. The number of nitrogens with one attached hydrogen (secondary N) is 1. The number of nitrogens with zero attached hydrogens (tertiary/aromatic N) is 4. The Bertz CT molecular complexity index is 1420. The second-order valence-corrected chi connectivity index (χ2v) is 11.6. The summed E-state index contributed by atoms with van der Waals surface area (Å²) in [5.41, 5.74) is 0.643. The van der Waals surface area contributed by atoms with Crippen LogP contribution in [0, 0.1) is 6.92 Å². The number of pyridine rings is 2. The minimum Gasteiger partial charge on any atom is -0.482 e. The summed E-state index contributed by atoms with van der Waals surface area (Å²) in [4.78, 5) is 25.9. The summed E-state index contributed by atoms with van der Waals surface area (Å²) in [6.45, 7) is 2.65. The van der Waals surface area contributed by atoms with Crippen LogP contribution in [-0.2, 0) is 16.9 Å². The smallest absolute Gasteiger partial charge is 0.287 e. The van der Waals surface area contributed by atoms with Crippen molar-refractivity contribution in [2.24, 2.45) is 7.05 Å². The summed E-state index contributed by atoms with van der Waals surface area (Å²) in [7, 11) is -1.47. The lowest BCUT2D eigenvalue weighted by Gasteiger charge is -2.34. The SMILES string of the molecule is Cc1cc2nc(C(=O)NC3(C)CCS(=O)(=O)CC3)n(C)c2nc1Oc1ncc(Cl)cc1OCC(F)F. The average molecular weight is 544 g/mol. The average Bonchev–Trinajstić information content (AvgIpc) is 3.12.